The van der Waals surface area contributed by atoms with Crippen LogP contribution in [-0.2, 0) is 0 Å². The molecule has 2 aromatic rings. The highest BCUT2D eigenvalue weighted by molar-refractivity contribution is 7.11. The summed E-state index contributed by atoms with van der Waals surface area (Å²) in [6.07, 6.45) is 1.83. The van der Waals surface area contributed by atoms with Crippen LogP contribution < -0.4 is 15.2 Å². The minimum absolute atomic E-state index is 0.297. The monoisotopic (exact) mass is 264 g/mol. The Hall–Kier alpha value is -1.59. The Balaban J connectivity index is 2.41. The van der Waals surface area contributed by atoms with Crippen molar-refractivity contribution in [3.63, 3.8) is 0 Å². The Morgan fingerprint density at radius 1 is 1.28 bits per heavy atom. The van der Waals surface area contributed by atoms with Gasteiger partial charge >= 0.3 is 0 Å². The zero-order valence-corrected chi connectivity index (χ0v) is 11.5. The average Bonchev–Trinajstić information content (AvgIpc) is 2.83. The summed E-state index contributed by atoms with van der Waals surface area (Å²) in [5.41, 5.74) is 7.12. The minimum Gasteiger partial charge on any atom is -0.497 e. The summed E-state index contributed by atoms with van der Waals surface area (Å²) in [5.74, 6) is 1.51. The van der Waals surface area contributed by atoms with Crippen LogP contribution in [0, 0.1) is 6.92 Å². The van der Waals surface area contributed by atoms with Crippen molar-refractivity contribution in [2.75, 3.05) is 14.2 Å². The van der Waals surface area contributed by atoms with Gasteiger partial charge in [-0.1, -0.05) is 0 Å². The van der Waals surface area contributed by atoms with E-state index in [2.05, 4.69) is 4.98 Å². The Labute approximate surface area is 110 Å². The van der Waals surface area contributed by atoms with Crippen LogP contribution in [0.3, 0.4) is 0 Å². The van der Waals surface area contributed by atoms with Crippen LogP contribution >= 0.6 is 11.3 Å². The molecular weight excluding hydrogens is 248 g/mol. The third-order valence-corrected chi connectivity index (χ3v) is 3.67. The molecule has 0 aliphatic carbocycles. The second-order valence-corrected chi connectivity index (χ2v) is 5.16. The van der Waals surface area contributed by atoms with Crippen molar-refractivity contribution >= 4 is 11.3 Å². The van der Waals surface area contributed by atoms with E-state index in [-0.39, 0.29) is 6.04 Å². The smallest absolute Gasteiger partial charge is 0.124 e. The first-order valence-electron chi connectivity index (χ1n) is 5.55. The van der Waals surface area contributed by atoms with Gasteiger partial charge in [-0.3, -0.25) is 0 Å². The standard InChI is InChI=1S/C13H16N2O2S/c1-8-7-15-13(18-8)12(14)10-6-9(16-2)4-5-11(10)17-3/h4-7,12H,14H2,1-3H3. The Morgan fingerprint density at radius 2 is 2.06 bits per heavy atom. The molecule has 18 heavy (non-hydrogen) atoms. The largest absolute Gasteiger partial charge is 0.497 e. The first-order chi connectivity index (χ1) is 8.65. The molecule has 2 N–H and O–H groups in total. The lowest BCUT2D eigenvalue weighted by Crippen LogP contribution is -2.12. The average molecular weight is 264 g/mol. The molecule has 0 spiro atoms. The van der Waals surface area contributed by atoms with Crippen molar-refractivity contribution in [2.24, 2.45) is 5.73 Å². The van der Waals surface area contributed by atoms with Gasteiger partial charge in [-0.05, 0) is 25.1 Å². The highest BCUT2D eigenvalue weighted by Gasteiger charge is 2.17. The van der Waals surface area contributed by atoms with E-state index in [1.165, 1.54) is 0 Å². The summed E-state index contributed by atoms with van der Waals surface area (Å²) in [5, 5.41) is 0.874. The molecule has 0 saturated carbocycles. The lowest BCUT2D eigenvalue weighted by molar-refractivity contribution is 0.397. The fourth-order valence-electron chi connectivity index (χ4n) is 1.73. The normalized spacial score (nSPS) is 12.2. The summed E-state index contributed by atoms with van der Waals surface area (Å²) in [6.45, 7) is 2.01. The fourth-order valence-corrected chi connectivity index (χ4v) is 2.53. The molecule has 0 amide bonds. The van der Waals surface area contributed by atoms with Gasteiger partial charge in [0.1, 0.15) is 16.5 Å². The van der Waals surface area contributed by atoms with E-state index in [1.54, 1.807) is 25.6 Å². The van der Waals surface area contributed by atoms with Gasteiger partial charge in [0.2, 0.25) is 0 Å². The summed E-state index contributed by atoms with van der Waals surface area (Å²) < 4.78 is 10.6. The second-order valence-electron chi connectivity index (χ2n) is 3.89. The molecule has 1 aromatic carbocycles. The lowest BCUT2D eigenvalue weighted by Gasteiger charge is -2.14. The van der Waals surface area contributed by atoms with Gasteiger partial charge < -0.3 is 15.2 Å². The molecule has 0 aliphatic rings. The van der Waals surface area contributed by atoms with Gasteiger partial charge in [0, 0.05) is 16.6 Å². The zero-order valence-electron chi connectivity index (χ0n) is 10.6. The maximum atomic E-state index is 6.24. The number of benzene rings is 1. The summed E-state index contributed by atoms with van der Waals surface area (Å²) in [4.78, 5) is 5.46. The van der Waals surface area contributed by atoms with Gasteiger partial charge in [-0.2, -0.15) is 0 Å². The predicted octanol–water partition coefficient (Wildman–Crippen LogP) is 2.52. The highest BCUT2D eigenvalue weighted by atomic mass is 32.1. The SMILES string of the molecule is COc1ccc(OC)c(C(N)c2ncc(C)s2)c1. The van der Waals surface area contributed by atoms with Crippen LogP contribution in [0.15, 0.2) is 24.4 Å². The topological polar surface area (TPSA) is 57.4 Å². The first-order valence-corrected chi connectivity index (χ1v) is 6.37. The van der Waals surface area contributed by atoms with E-state index in [9.17, 15) is 0 Å². The molecule has 0 radical (unpaired) electrons. The Bertz CT molecular complexity index is 540. The predicted molar refractivity (Wildman–Crippen MR) is 72.4 cm³/mol. The number of nitrogens with zero attached hydrogens (tertiary/aromatic N) is 1. The molecule has 0 saturated heterocycles. The van der Waals surface area contributed by atoms with E-state index in [0.29, 0.717) is 0 Å². The Morgan fingerprint density at radius 3 is 2.61 bits per heavy atom. The molecule has 0 aliphatic heterocycles. The molecular formula is C13H16N2O2S. The minimum atomic E-state index is -0.297. The zero-order chi connectivity index (χ0) is 13.1. The number of aromatic nitrogens is 1. The lowest BCUT2D eigenvalue weighted by atomic mass is 10.1. The Kier molecular flexibility index (Phi) is 3.84. The molecule has 0 bridgehead atoms. The molecule has 1 atom stereocenters. The van der Waals surface area contributed by atoms with Crippen LogP contribution in [0.2, 0.25) is 0 Å². The fraction of sp³-hybridized carbons (Fsp3) is 0.308. The number of nitrogens with two attached hydrogens (primary N) is 1. The van der Waals surface area contributed by atoms with Gasteiger partial charge in [0.05, 0.1) is 20.3 Å². The van der Waals surface area contributed by atoms with Crippen molar-refractivity contribution in [1.29, 1.82) is 0 Å². The van der Waals surface area contributed by atoms with Gasteiger partial charge in [0.15, 0.2) is 0 Å². The van der Waals surface area contributed by atoms with Crippen molar-refractivity contribution in [3.8, 4) is 11.5 Å². The van der Waals surface area contributed by atoms with E-state index in [4.69, 9.17) is 15.2 Å². The number of aryl methyl sites for hydroxylation is 1. The van der Waals surface area contributed by atoms with E-state index >= 15 is 0 Å². The summed E-state index contributed by atoms with van der Waals surface area (Å²) in [6, 6.07) is 5.30. The molecule has 5 heteroatoms. The number of methoxy groups -OCH3 is 2. The van der Waals surface area contributed by atoms with Crippen molar-refractivity contribution in [3.05, 3.63) is 39.8 Å². The summed E-state index contributed by atoms with van der Waals surface area (Å²) >= 11 is 1.59. The number of ether oxygens (including phenoxy) is 2. The van der Waals surface area contributed by atoms with Crippen LogP contribution in [0.5, 0.6) is 11.5 Å². The van der Waals surface area contributed by atoms with E-state index in [0.717, 1.165) is 26.9 Å². The quantitative estimate of drug-likeness (QED) is 0.922. The van der Waals surface area contributed by atoms with E-state index in [1.807, 2.05) is 31.3 Å². The molecule has 1 aromatic heterocycles. The van der Waals surface area contributed by atoms with Crippen molar-refractivity contribution in [1.82, 2.24) is 4.98 Å². The maximum Gasteiger partial charge on any atom is 0.124 e. The number of thiazole rings is 1. The van der Waals surface area contributed by atoms with Gasteiger partial charge in [-0.15, -0.1) is 11.3 Å². The third-order valence-electron chi connectivity index (χ3n) is 2.68. The van der Waals surface area contributed by atoms with Crippen molar-refractivity contribution in [2.45, 2.75) is 13.0 Å². The van der Waals surface area contributed by atoms with E-state index < -0.39 is 0 Å². The molecule has 4 nitrogen and oxygen atoms in total. The number of hydrogen-bond acceptors (Lipinski definition) is 5. The summed E-state index contributed by atoms with van der Waals surface area (Å²) in [7, 11) is 3.26. The molecule has 1 heterocycles. The van der Waals surface area contributed by atoms with Gasteiger partial charge in [-0.25, -0.2) is 4.98 Å². The van der Waals surface area contributed by atoms with Gasteiger partial charge in [0.25, 0.3) is 0 Å². The molecule has 2 rings (SSSR count). The van der Waals surface area contributed by atoms with Crippen LogP contribution in [0.4, 0.5) is 0 Å². The third kappa shape index (κ3) is 2.47. The highest BCUT2D eigenvalue weighted by Crippen LogP contribution is 2.33. The molecule has 96 valence electrons. The maximum absolute atomic E-state index is 6.24. The van der Waals surface area contributed by atoms with Crippen LogP contribution in [0.1, 0.15) is 21.5 Å². The number of hydrogen-bond donors (Lipinski definition) is 1. The second kappa shape index (κ2) is 5.37. The first kappa shape index (κ1) is 12.9. The van der Waals surface area contributed by atoms with Crippen LogP contribution in [-0.4, -0.2) is 19.2 Å². The number of rotatable bonds is 4. The van der Waals surface area contributed by atoms with Crippen molar-refractivity contribution < 1.29 is 9.47 Å². The molecule has 0 fully saturated rings. The van der Waals surface area contributed by atoms with Crippen LogP contribution in [0.25, 0.3) is 0 Å². The molecule has 1 unspecified atom stereocenters.